The lowest BCUT2D eigenvalue weighted by molar-refractivity contribution is -0.112. The summed E-state index contributed by atoms with van der Waals surface area (Å²) in [5.41, 5.74) is -0.430. The van der Waals surface area contributed by atoms with Crippen molar-refractivity contribution < 1.29 is 18.4 Å². The lowest BCUT2D eigenvalue weighted by Gasteiger charge is -2.14. The van der Waals surface area contributed by atoms with Crippen LogP contribution < -0.4 is 0 Å². The largest absolute Gasteiger partial charge is 0.287 e. The number of rotatable bonds is 5. The van der Waals surface area contributed by atoms with Crippen molar-refractivity contribution in [1.29, 1.82) is 0 Å². The second-order valence-corrected chi connectivity index (χ2v) is 6.38. The zero-order valence-corrected chi connectivity index (χ0v) is 12.9. The molecule has 1 aromatic rings. The van der Waals surface area contributed by atoms with Crippen LogP contribution in [0, 0.1) is 23.5 Å². The molecule has 0 N–H and O–H groups in total. The van der Waals surface area contributed by atoms with E-state index >= 15 is 0 Å². The number of carbonyl (C=O) groups is 2. The van der Waals surface area contributed by atoms with E-state index in [-0.39, 0.29) is 22.3 Å². The van der Waals surface area contributed by atoms with Crippen molar-refractivity contribution in [3.8, 4) is 0 Å². The first-order valence-corrected chi connectivity index (χ1v) is 7.31. The van der Waals surface area contributed by atoms with Crippen LogP contribution in [-0.2, 0) is 4.79 Å². The van der Waals surface area contributed by atoms with E-state index in [0.29, 0.717) is 23.7 Å². The van der Waals surface area contributed by atoms with Gasteiger partial charge in [-0.15, -0.1) is 0 Å². The molecule has 0 bridgehead atoms. The quantitative estimate of drug-likeness (QED) is 0.585. The molecule has 0 spiro atoms. The van der Waals surface area contributed by atoms with Gasteiger partial charge in [0.1, 0.15) is 11.6 Å². The molecule has 2 nitrogen and oxygen atoms in total. The van der Waals surface area contributed by atoms with Crippen molar-refractivity contribution >= 4 is 33.7 Å². The van der Waals surface area contributed by atoms with E-state index in [1.54, 1.807) is 0 Å². The second-order valence-electron chi connectivity index (χ2n) is 4.94. The van der Waals surface area contributed by atoms with Gasteiger partial charge in [-0.25, -0.2) is 8.78 Å². The van der Waals surface area contributed by atoms with Crippen LogP contribution in [0.15, 0.2) is 17.0 Å². The maximum Gasteiger partial charge on any atom is 0.255 e. The summed E-state index contributed by atoms with van der Waals surface area (Å²) in [6.45, 7) is 5.91. The van der Waals surface area contributed by atoms with E-state index in [1.165, 1.54) is 0 Å². The zero-order valence-electron chi connectivity index (χ0n) is 11.4. The van der Waals surface area contributed by atoms with Gasteiger partial charge < -0.3 is 0 Å². The number of hydrogen-bond acceptors (Lipinski definition) is 3. The molecular weight excluding hydrogens is 306 g/mol. The van der Waals surface area contributed by atoms with Crippen molar-refractivity contribution in [2.24, 2.45) is 11.8 Å². The molecule has 1 aromatic carbocycles. The minimum atomic E-state index is -1.03. The first kappa shape index (κ1) is 17.1. The number of thioether (sulfide) groups is 1. The Morgan fingerprint density at radius 3 is 2.30 bits per heavy atom. The highest BCUT2D eigenvalue weighted by atomic mass is 35.5. The molecule has 0 saturated carbocycles. The van der Waals surface area contributed by atoms with Crippen LogP contribution in [0.1, 0.15) is 37.6 Å². The van der Waals surface area contributed by atoms with Crippen LogP contribution in [0.25, 0.3) is 0 Å². The first-order chi connectivity index (χ1) is 9.22. The molecule has 6 heteroatoms. The Bertz CT molecular complexity index is 532. The predicted octanol–water partition coefficient (Wildman–Crippen LogP) is 4.64. The number of carbonyl (C=O) groups excluding carboxylic acids is 2. The molecule has 0 saturated heterocycles. The molecule has 20 heavy (non-hydrogen) atoms. The van der Waals surface area contributed by atoms with Gasteiger partial charge >= 0.3 is 0 Å². The monoisotopic (exact) mass is 320 g/mol. The molecular formula is C14H15ClF2O2S. The zero-order chi connectivity index (χ0) is 15.4. The third-order valence-corrected chi connectivity index (χ3v) is 4.21. The molecule has 0 fully saturated rings. The summed E-state index contributed by atoms with van der Waals surface area (Å²) < 4.78 is 26.9. The average Bonchev–Trinajstić information content (AvgIpc) is 2.31. The molecule has 1 rings (SSSR count). The fourth-order valence-corrected chi connectivity index (χ4v) is 2.49. The van der Waals surface area contributed by atoms with E-state index in [9.17, 15) is 18.4 Å². The minimum absolute atomic E-state index is 0.0867. The Hall–Kier alpha value is -0.940. The Balaban J connectivity index is 2.90. The van der Waals surface area contributed by atoms with Crippen LogP contribution in [0.3, 0.4) is 0 Å². The van der Waals surface area contributed by atoms with Crippen molar-refractivity contribution in [3.05, 3.63) is 29.3 Å². The van der Waals surface area contributed by atoms with Gasteiger partial charge in [0.2, 0.25) is 0 Å². The molecule has 0 aliphatic carbocycles. The van der Waals surface area contributed by atoms with E-state index < -0.39 is 22.4 Å². The maximum atomic E-state index is 13.6. The molecule has 0 amide bonds. The van der Waals surface area contributed by atoms with Gasteiger partial charge in [-0.2, -0.15) is 0 Å². The first-order valence-electron chi connectivity index (χ1n) is 6.12. The summed E-state index contributed by atoms with van der Waals surface area (Å²) in [6, 6.07) is 1.54. The third-order valence-electron chi connectivity index (χ3n) is 3.08. The van der Waals surface area contributed by atoms with Crippen LogP contribution in [0.2, 0.25) is 0 Å². The van der Waals surface area contributed by atoms with Gasteiger partial charge in [0.15, 0.2) is 5.12 Å². The van der Waals surface area contributed by atoms with Crippen LogP contribution in [-0.4, -0.2) is 10.4 Å². The standard InChI is InChI=1S/C14H15ClF2O2S/c1-7(2)8(3)4-13(18)20-12-5-9(14(15)19)10(16)6-11(12)17/h5-8H,4H2,1-3H3. The van der Waals surface area contributed by atoms with Crippen molar-refractivity contribution in [1.82, 2.24) is 0 Å². The van der Waals surface area contributed by atoms with Gasteiger partial charge in [0, 0.05) is 12.5 Å². The van der Waals surface area contributed by atoms with Crippen molar-refractivity contribution in [3.63, 3.8) is 0 Å². The van der Waals surface area contributed by atoms with Gasteiger partial charge in [0.25, 0.3) is 5.24 Å². The molecule has 0 aliphatic heterocycles. The summed E-state index contributed by atoms with van der Waals surface area (Å²) in [6.07, 6.45) is 0.281. The molecule has 1 unspecified atom stereocenters. The highest BCUT2D eigenvalue weighted by Gasteiger charge is 2.19. The fraction of sp³-hybridized carbons (Fsp3) is 0.429. The van der Waals surface area contributed by atoms with Gasteiger partial charge in [-0.3, -0.25) is 9.59 Å². The highest BCUT2D eigenvalue weighted by molar-refractivity contribution is 8.13. The number of benzene rings is 1. The average molecular weight is 321 g/mol. The summed E-state index contributed by atoms with van der Waals surface area (Å²) in [4.78, 5) is 22.7. The number of halogens is 3. The van der Waals surface area contributed by atoms with Gasteiger partial charge in [-0.1, -0.05) is 20.8 Å². The Morgan fingerprint density at radius 1 is 1.20 bits per heavy atom. The predicted molar refractivity (Wildman–Crippen MR) is 76.0 cm³/mol. The second kappa shape index (κ2) is 7.18. The fourth-order valence-electron chi connectivity index (χ4n) is 1.42. The Morgan fingerprint density at radius 2 is 1.80 bits per heavy atom. The molecule has 1 atom stereocenters. The van der Waals surface area contributed by atoms with Crippen molar-refractivity contribution in [2.75, 3.05) is 0 Å². The summed E-state index contributed by atoms with van der Waals surface area (Å²) in [5.74, 6) is -1.42. The maximum absolute atomic E-state index is 13.6. The van der Waals surface area contributed by atoms with Gasteiger partial charge in [-0.05, 0) is 41.3 Å². The minimum Gasteiger partial charge on any atom is -0.287 e. The normalized spacial score (nSPS) is 12.6. The molecule has 0 heterocycles. The topological polar surface area (TPSA) is 34.1 Å². The van der Waals surface area contributed by atoms with E-state index in [0.717, 1.165) is 6.07 Å². The summed E-state index contributed by atoms with van der Waals surface area (Å²) >= 11 is 5.86. The van der Waals surface area contributed by atoms with Gasteiger partial charge in [0.05, 0.1) is 10.5 Å². The summed E-state index contributed by atoms with van der Waals surface area (Å²) in [5, 5.41) is -1.25. The van der Waals surface area contributed by atoms with E-state index in [4.69, 9.17) is 11.6 Å². The van der Waals surface area contributed by atoms with Crippen LogP contribution in [0.5, 0.6) is 0 Å². The SMILES string of the molecule is CC(C)C(C)CC(=O)Sc1cc(C(=O)Cl)c(F)cc1F. The smallest absolute Gasteiger partial charge is 0.255 e. The molecule has 110 valence electrons. The van der Waals surface area contributed by atoms with E-state index in [1.807, 2.05) is 20.8 Å². The lowest BCUT2D eigenvalue weighted by Crippen LogP contribution is -2.09. The highest BCUT2D eigenvalue weighted by Crippen LogP contribution is 2.29. The Kier molecular flexibility index (Phi) is 6.14. The Labute approximate surface area is 125 Å². The van der Waals surface area contributed by atoms with Crippen molar-refractivity contribution in [2.45, 2.75) is 32.1 Å². The third kappa shape index (κ3) is 4.56. The lowest BCUT2D eigenvalue weighted by atomic mass is 9.95. The summed E-state index contributed by atoms with van der Waals surface area (Å²) in [7, 11) is 0. The van der Waals surface area contributed by atoms with Crippen LogP contribution in [0.4, 0.5) is 8.78 Å². The van der Waals surface area contributed by atoms with Crippen LogP contribution >= 0.6 is 23.4 Å². The molecule has 0 radical (unpaired) electrons. The number of hydrogen-bond donors (Lipinski definition) is 0. The van der Waals surface area contributed by atoms with E-state index in [2.05, 4.69) is 0 Å². The molecule has 0 aliphatic rings. The molecule has 0 aromatic heterocycles.